The molecular weight excluding hydrogens is 491 g/mol. The Balaban J connectivity index is 0.000000374. The molecule has 1 aliphatic heterocycles. The number of piperazine rings is 1. The van der Waals surface area contributed by atoms with Crippen molar-refractivity contribution in [1.82, 2.24) is 8.61 Å². The van der Waals surface area contributed by atoms with Crippen LogP contribution in [0.2, 0.25) is 0 Å². The molecule has 1 N–H and O–H groups in total. The number of thiophene rings is 1. The molecular formula is C22H30F3N3O2S3. The third-order valence-corrected chi connectivity index (χ3v) is 9.40. The fourth-order valence-corrected chi connectivity index (χ4v) is 6.06. The molecule has 11 heteroatoms. The largest absolute Gasteiger partial charge is 0.421 e. The Morgan fingerprint density at radius 3 is 2.15 bits per heavy atom. The summed E-state index contributed by atoms with van der Waals surface area (Å²) < 4.78 is 56.2. The van der Waals surface area contributed by atoms with Crippen molar-refractivity contribution in [2.24, 2.45) is 0 Å². The van der Waals surface area contributed by atoms with Crippen molar-refractivity contribution in [3.05, 3.63) is 47.3 Å². The Morgan fingerprint density at radius 2 is 1.73 bits per heavy atom. The molecule has 2 atom stereocenters. The highest BCUT2D eigenvalue weighted by Crippen LogP contribution is 2.39. The van der Waals surface area contributed by atoms with E-state index in [-0.39, 0.29) is 5.56 Å². The molecule has 0 bridgehead atoms. The summed E-state index contributed by atoms with van der Waals surface area (Å²) in [6.07, 6.45) is 0.221. The van der Waals surface area contributed by atoms with Gasteiger partial charge in [0.05, 0.1) is 0 Å². The highest BCUT2D eigenvalue weighted by molar-refractivity contribution is 7.96. The molecule has 2 fully saturated rings. The zero-order valence-corrected chi connectivity index (χ0v) is 21.4. The van der Waals surface area contributed by atoms with E-state index in [0.29, 0.717) is 26.2 Å². The number of nitrogens with zero attached hydrogens (tertiary/aromatic N) is 3. The second-order valence-electron chi connectivity index (χ2n) is 8.17. The summed E-state index contributed by atoms with van der Waals surface area (Å²) in [5.74, 6) is 0. The zero-order valence-electron chi connectivity index (χ0n) is 18.9. The maximum absolute atomic E-state index is 12.9. The van der Waals surface area contributed by atoms with Gasteiger partial charge in [0.25, 0.3) is 0 Å². The Kier molecular flexibility index (Phi) is 8.90. The van der Waals surface area contributed by atoms with Crippen LogP contribution in [0.15, 0.2) is 46.0 Å². The molecule has 5 nitrogen and oxygen atoms in total. The van der Waals surface area contributed by atoms with E-state index in [1.165, 1.54) is 36.3 Å². The SMILES string of the molecule is CC(O)(c1ccc(N2CCN(S(=O)c3cccs3)CC2)cc1)C(F)(F)F.CSN(C)C1CC1. The summed E-state index contributed by atoms with van der Waals surface area (Å²) >= 11 is 3.29. The Hall–Kier alpha value is -1.11. The highest BCUT2D eigenvalue weighted by Gasteiger charge is 2.51. The van der Waals surface area contributed by atoms with Gasteiger partial charge >= 0.3 is 6.18 Å². The summed E-state index contributed by atoms with van der Waals surface area (Å²) in [4.78, 5) is 2.04. The molecule has 2 heterocycles. The van der Waals surface area contributed by atoms with Crippen molar-refractivity contribution in [2.75, 3.05) is 44.4 Å². The normalized spacial score (nSPS) is 20.2. The molecule has 0 amide bonds. The molecule has 2 aromatic rings. The number of rotatable bonds is 6. The Morgan fingerprint density at radius 1 is 1.12 bits per heavy atom. The minimum absolute atomic E-state index is 0.189. The first-order valence-corrected chi connectivity index (χ1v) is 13.8. The number of halogens is 3. The summed E-state index contributed by atoms with van der Waals surface area (Å²) in [5, 5.41) is 11.6. The van der Waals surface area contributed by atoms with Gasteiger partial charge in [0.2, 0.25) is 0 Å². The lowest BCUT2D eigenvalue weighted by Gasteiger charge is -2.35. The third kappa shape index (κ3) is 6.73. The number of hydrogen-bond donors (Lipinski definition) is 1. The lowest BCUT2D eigenvalue weighted by Crippen LogP contribution is -2.46. The molecule has 2 aliphatic rings. The van der Waals surface area contributed by atoms with Crippen LogP contribution in [0.3, 0.4) is 0 Å². The summed E-state index contributed by atoms with van der Waals surface area (Å²) in [5.41, 5.74) is -2.28. The quantitative estimate of drug-likeness (QED) is 0.558. The van der Waals surface area contributed by atoms with Crippen LogP contribution in [0, 0.1) is 0 Å². The predicted molar refractivity (Wildman–Crippen MR) is 131 cm³/mol. The Bertz CT molecular complexity index is 896. The fraction of sp³-hybridized carbons (Fsp3) is 0.545. The molecule has 1 saturated carbocycles. The van der Waals surface area contributed by atoms with Crippen LogP contribution in [-0.2, 0) is 16.6 Å². The standard InChI is InChI=1S/C17H19F3N2O2S2.C5H11NS/c1-16(23,17(18,19)20)13-4-6-14(7-5-13)21-8-10-22(11-9-21)26(24)15-3-2-12-25-15;1-6(7-2)5-3-4-5/h2-7,12,23H,8-11H2,1H3;5H,3-4H2,1-2H3. The maximum Gasteiger partial charge on any atom is 0.421 e. The van der Waals surface area contributed by atoms with Crippen molar-refractivity contribution >= 4 is 40.0 Å². The summed E-state index contributed by atoms with van der Waals surface area (Å²) in [6, 6.07) is 10.4. The monoisotopic (exact) mass is 521 g/mol. The van der Waals surface area contributed by atoms with Gasteiger partial charge in [-0.1, -0.05) is 30.1 Å². The highest BCUT2D eigenvalue weighted by atomic mass is 32.2. The smallest absolute Gasteiger partial charge is 0.376 e. The first kappa shape index (κ1) is 26.5. The molecule has 2 unspecified atom stereocenters. The molecule has 33 heavy (non-hydrogen) atoms. The molecule has 184 valence electrons. The van der Waals surface area contributed by atoms with Crippen LogP contribution in [0.4, 0.5) is 18.9 Å². The number of aliphatic hydroxyl groups is 1. The molecule has 1 aromatic heterocycles. The van der Waals surface area contributed by atoms with Gasteiger partial charge in [-0.05, 0) is 62.2 Å². The molecule has 4 rings (SSSR count). The van der Waals surface area contributed by atoms with E-state index in [0.717, 1.165) is 22.9 Å². The summed E-state index contributed by atoms with van der Waals surface area (Å²) in [7, 11) is 0.987. The van der Waals surface area contributed by atoms with Crippen LogP contribution in [0.25, 0.3) is 0 Å². The average molecular weight is 522 g/mol. The van der Waals surface area contributed by atoms with Gasteiger partial charge in [0, 0.05) is 37.9 Å². The van der Waals surface area contributed by atoms with E-state index in [2.05, 4.69) is 17.6 Å². The maximum atomic E-state index is 12.9. The van der Waals surface area contributed by atoms with E-state index in [9.17, 15) is 22.5 Å². The van der Waals surface area contributed by atoms with Crippen molar-refractivity contribution in [2.45, 2.75) is 41.8 Å². The zero-order chi connectivity index (χ0) is 24.2. The number of hydrogen-bond acceptors (Lipinski definition) is 6. The average Bonchev–Trinajstić information content (AvgIpc) is 3.52. The van der Waals surface area contributed by atoms with Gasteiger partial charge < -0.3 is 10.0 Å². The van der Waals surface area contributed by atoms with Crippen molar-refractivity contribution in [3.63, 3.8) is 0 Å². The van der Waals surface area contributed by atoms with Crippen molar-refractivity contribution < 1.29 is 22.5 Å². The number of alkyl halides is 3. The van der Waals surface area contributed by atoms with E-state index < -0.39 is 22.8 Å². The molecule has 0 spiro atoms. The molecule has 1 aliphatic carbocycles. The van der Waals surface area contributed by atoms with Crippen LogP contribution >= 0.6 is 23.3 Å². The minimum atomic E-state index is -4.73. The fourth-order valence-electron chi connectivity index (χ4n) is 3.35. The third-order valence-electron chi connectivity index (χ3n) is 5.84. The lowest BCUT2D eigenvalue weighted by atomic mass is 9.95. The van der Waals surface area contributed by atoms with Gasteiger partial charge in [-0.3, -0.25) is 4.31 Å². The van der Waals surface area contributed by atoms with E-state index in [1.807, 2.05) is 38.7 Å². The van der Waals surface area contributed by atoms with E-state index >= 15 is 0 Å². The van der Waals surface area contributed by atoms with Crippen molar-refractivity contribution in [1.29, 1.82) is 0 Å². The number of anilines is 1. The molecule has 1 saturated heterocycles. The van der Waals surface area contributed by atoms with Crippen LogP contribution in [-0.4, -0.2) is 69.6 Å². The van der Waals surface area contributed by atoms with Gasteiger partial charge in [-0.25, -0.2) is 8.51 Å². The van der Waals surface area contributed by atoms with Gasteiger partial charge in [0.1, 0.15) is 15.2 Å². The van der Waals surface area contributed by atoms with Gasteiger partial charge in [-0.15, -0.1) is 11.3 Å². The number of benzene rings is 1. The Labute approximate surface area is 204 Å². The first-order chi connectivity index (χ1) is 15.5. The molecule has 1 aromatic carbocycles. The van der Waals surface area contributed by atoms with Crippen LogP contribution in [0.5, 0.6) is 0 Å². The predicted octanol–water partition coefficient (Wildman–Crippen LogP) is 4.72. The van der Waals surface area contributed by atoms with Gasteiger partial charge in [0.15, 0.2) is 5.60 Å². The van der Waals surface area contributed by atoms with E-state index in [4.69, 9.17) is 0 Å². The topological polar surface area (TPSA) is 47.0 Å². The summed E-state index contributed by atoms with van der Waals surface area (Å²) in [6.45, 7) is 3.22. The second kappa shape index (κ2) is 11.1. The minimum Gasteiger partial charge on any atom is -0.376 e. The van der Waals surface area contributed by atoms with Crippen molar-refractivity contribution in [3.8, 4) is 0 Å². The van der Waals surface area contributed by atoms with Crippen LogP contribution < -0.4 is 4.90 Å². The van der Waals surface area contributed by atoms with Gasteiger partial charge in [-0.2, -0.15) is 13.2 Å². The van der Waals surface area contributed by atoms with E-state index in [1.54, 1.807) is 12.1 Å². The first-order valence-electron chi connectivity index (χ1n) is 10.7. The van der Waals surface area contributed by atoms with Crippen LogP contribution in [0.1, 0.15) is 25.3 Å². The lowest BCUT2D eigenvalue weighted by molar-refractivity contribution is -0.258. The second-order valence-corrected chi connectivity index (χ2v) is 11.8. The molecule has 0 radical (unpaired) electrons.